The van der Waals surface area contributed by atoms with Crippen LogP contribution < -0.4 is 10.5 Å². The molecular weight excluding hydrogens is 494 g/mol. The number of carbonyl (C=O) groups excluding carboxylic acids is 2. The zero-order chi connectivity index (χ0) is 27.1. The summed E-state index contributed by atoms with van der Waals surface area (Å²) in [5.41, 5.74) is 11.5. The SMILES string of the molecule is CCOC(=O)C1=C(N)Oc2c(c(C)nn2C(=O)c2ccncc2)C1c1c(-c2ccccc2)[nH]c2ccccc12. The first-order chi connectivity index (χ1) is 19.0. The van der Waals surface area contributed by atoms with Crippen LogP contribution in [0.15, 0.2) is 90.6 Å². The first-order valence-corrected chi connectivity index (χ1v) is 12.5. The van der Waals surface area contributed by atoms with Crippen LogP contribution in [0.4, 0.5) is 0 Å². The molecule has 6 rings (SSSR count). The maximum atomic E-state index is 13.5. The minimum atomic E-state index is -0.724. The maximum Gasteiger partial charge on any atom is 0.340 e. The van der Waals surface area contributed by atoms with E-state index in [4.69, 9.17) is 15.2 Å². The van der Waals surface area contributed by atoms with Crippen LogP contribution in [0.2, 0.25) is 0 Å². The number of pyridine rings is 1. The van der Waals surface area contributed by atoms with E-state index in [0.29, 0.717) is 16.8 Å². The Labute approximate surface area is 223 Å². The number of fused-ring (bicyclic) bond motifs is 2. The molecular formula is C30H25N5O4. The molecule has 1 aliphatic heterocycles. The lowest BCUT2D eigenvalue weighted by Crippen LogP contribution is -2.29. The normalized spacial score (nSPS) is 14.7. The lowest BCUT2D eigenvalue weighted by molar-refractivity contribution is -0.139. The number of carbonyl (C=O) groups is 2. The fourth-order valence-electron chi connectivity index (χ4n) is 5.16. The highest BCUT2D eigenvalue weighted by atomic mass is 16.5. The second kappa shape index (κ2) is 9.60. The summed E-state index contributed by atoms with van der Waals surface area (Å²) in [5, 5.41) is 5.46. The van der Waals surface area contributed by atoms with Gasteiger partial charge in [-0.1, -0.05) is 48.5 Å². The molecule has 0 bridgehead atoms. The second-order valence-electron chi connectivity index (χ2n) is 9.12. The molecule has 1 unspecified atom stereocenters. The number of rotatable bonds is 5. The molecule has 0 saturated heterocycles. The monoisotopic (exact) mass is 519 g/mol. The summed E-state index contributed by atoms with van der Waals surface area (Å²) in [6, 6.07) is 20.9. The van der Waals surface area contributed by atoms with Crippen LogP contribution in [0, 0.1) is 6.92 Å². The average molecular weight is 520 g/mol. The van der Waals surface area contributed by atoms with Crippen LogP contribution in [0.3, 0.4) is 0 Å². The number of benzene rings is 2. The lowest BCUT2D eigenvalue weighted by Gasteiger charge is -2.27. The van der Waals surface area contributed by atoms with Crippen molar-refractivity contribution in [1.82, 2.24) is 19.7 Å². The second-order valence-corrected chi connectivity index (χ2v) is 9.12. The van der Waals surface area contributed by atoms with E-state index in [-0.39, 0.29) is 23.9 Å². The van der Waals surface area contributed by atoms with Crippen molar-refractivity contribution in [2.75, 3.05) is 6.61 Å². The molecule has 2 aromatic carbocycles. The predicted octanol–water partition coefficient (Wildman–Crippen LogP) is 4.68. The number of nitrogens with zero attached hydrogens (tertiary/aromatic N) is 3. The smallest absolute Gasteiger partial charge is 0.340 e. The van der Waals surface area contributed by atoms with Crippen molar-refractivity contribution in [1.29, 1.82) is 0 Å². The molecule has 0 saturated carbocycles. The minimum Gasteiger partial charge on any atom is -0.462 e. The Morgan fingerprint density at radius 1 is 1.03 bits per heavy atom. The number of aryl methyl sites for hydroxylation is 1. The van der Waals surface area contributed by atoms with E-state index in [2.05, 4.69) is 15.1 Å². The molecule has 9 nitrogen and oxygen atoms in total. The van der Waals surface area contributed by atoms with Crippen molar-refractivity contribution in [3.63, 3.8) is 0 Å². The number of hydrogen-bond donors (Lipinski definition) is 2. The van der Waals surface area contributed by atoms with Gasteiger partial charge < -0.3 is 20.2 Å². The summed E-state index contributed by atoms with van der Waals surface area (Å²) in [7, 11) is 0. The number of nitrogens with one attached hydrogen (secondary N) is 1. The van der Waals surface area contributed by atoms with Crippen LogP contribution in [0.1, 0.15) is 40.0 Å². The molecule has 194 valence electrons. The van der Waals surface area contributed by atoms with Crippen LogP contribution in [-0.2, 0) is 9.53 Å². The third-order valence-electron chi connectivity index (χ3n) is 6.82. The summed E-state index contributed by atoms with van der Waals surface area (Å²) in [4.78, 5) is 34.4. The molecule has 0 spiro atoms. The third-order valence-corrected chi connectivity index (χ3v) is 6.82. The molecule has 9 heteroatoms. The Balaban J connectivity index is 1.65. The predicted molar refractivity (Wildman–Crippen MR) is 145 cm³/mol. The highest BCUT2D eigenvalue weighted by Crippen LogP contribution is 2.49. The van der Waals surface area contributed by atoms with Crippen LogP contribution in [-0.4, -0.2) is 38.2 Å². The Morgan fingerprint density at radius 3 is 2.49 bits per heavy atom. The van der Waals surface area contributed by atoms with Gasteiger partial charge in [-0.25, -0.2) is 4.79 Å². The molecule has 3 N–H and O–H groups in total. The first-order valence-electron chi connectivity index (χ1n) is 12.5. The van der Waals surface area contributed by atoms with Gasteiger partial charge in [0.1, 0.15) is 5.57 Å². The first kappa shape index (κ1) is 24.2. The van der Waals surface area contributed by atoms with Gasteiger partial charge in [-0.05, 0) is 43.2 Å². The van der Waals surface area contributed by atoms with Gasteiger partial charge in [-0.15, -0.1) is 0 Å². The number of H-pyrrole nitrogens is 1. The maximum absolute atomic E-state index is 13.5. The standard InChI is InChI=1S/C30H25N5O4/c1-3-38-30(37)25-24(23-20-11-7-8-12-21(20)33-26(23)18-9-5-4-6-10-18)22-17(2)34-35(29(22)39-27(25)31)28(36)19-13-15-32-16-14-19/h4-16,24,33H,3,31H2,1-2H3. The van der Waals surface area contributed by atoms with Crippen LogP contribution in [0.5, 0.6) is 5.88 Å². The fraction of sp³-hybridized carbons (Fsp3) is 0.133. The number of para-hydroxylation sites is 1. The van der Waals surface area contributed by atoms with Crippen molar-refractivity contribution < 1.29 is 19.1 Å². The average Bonchev–Trinajstić information content (AvgIpc) is 3.50. The third kappa shape index (κ3) is 3.95. The minimum absolute atomic E-state index is 0.140. The molecule has 0 aliphatic carbocycles. The molecule has 39 heavy (non-hydrogen) atoms. The van der Waals surface area contributed by atoms with E-state index in [9.17, 15) is 9.59 Å². The van der Waals surface area contributed by atoms with Crippen LogP contribution >= 0.6 is 0 Å². The quantitative estimate of drug-likeness (QED) is 0.323. The topological polar surface area (TPSA) is 125 Å². The molecule has 1 aliphatic rings. The highest BCUT2D eigenvalue weighted by Gasteiger charge is 2.42. The van der Waals surface area contributed by atoms with Crippen molar-refractivity contribution in [3.8, 4) is 17.1 Å². The zero-order valence-electron chi connectivity index (χ0n) is 21.3. The van der Waals surface area contributed by atoms with Gasteiger partial charge in [0.2, 0.25) is 11.8 Å². The van der Waals surface area contributed by atoms with Gasteiger partial charge >= 0.3 is 5.97 Å². The Morgan fingerprint density at radius 2 is 1.74 bits per heavy atom. The van der Waals surface area contributed by atoms with Gasteiger partial charge in [-0.3, -0.25) is 9.78 Å². The zero-order valence-corrected chi connectivity index (χ0v) is 21.3. The summed E-state index contributed by atoms with van der Waals surface area (Å²) in [6.45, 7) is 3.68. The van der Waals surface area contributed by atoms with Gasteiger partial charge in [0.05, 0.1) is 29.5 Å². The number of aromatic amines is 1. The van der Waals surface area contributed by atoms with Crippen molar-refractivity contribution in [2.45, 2.75) is 19.8 Å². The Hall–Kier alpha value is -5.18. The summed E-state index contributed by atoms with van der Waals surface area (Å²) in [6.07, 6.45) is 3.07. The largest absolute Gasteiger partial charge is 0.462 e. The van der Waals surface area contributed by atoms with E-state index < -0.39 is 17.8 Å². The van der Waals surface area contributed by atoms with Gasteiger partial charge in [-0.2, -0.15) is 9.78 Å². The van der Waals surface area contributed by atoms with Crippen molar-refractivity contribution in [3.05, 3.63) is 113 Å². The lowest BCUT2D eigenvalue weighted by atomic mass is 9.81. The highest BCUT2D eigenvalue weighted by molar-refractivity contribution is 6.00. The number of hydrogen-bond acceptors (Lipinski definition) is 7. The number of aromatic nitrogens is 4. The fourth-order valence-corrected chi connectivity index (χ4v) is 5.16. The van der Waals surface area contributed by atoms with E-state index >= 15 is 0 Å². The Kier molecular flexibility index (Phi) is 5.95. The number of nitrogens with two attached hydrogens (primary N) is 1. The van der Waals surface area contributed by atoms with E-state index in [1.165, 1.54) is 17.1 Å². The Bertz CT molecular complexity index is 1750. The van der Waals surface area contributed by atoms with Crippen molar-refractivity contribution >= 4 is 22.8 Å². The molecule has 3 aromatic heterocycles. The van der Waals surface area contributed by atoms with Gasteiger partial charge in [0, 0.05) is 28.9 Å². The van der Waals surface area contributed by atoms with E-state index in [1.54, 1.807) is 26.0 Å². The molecule has 5 aromatic rings. The van der Waals surface area contributed by atoms with Crippen LogP contribution in [0.25, 0.3) is 22.2 Å². The number of esters is 1. The molecule has 1 atom stereocenters. The summed E-state index contributed by atoms with van der Waals surface area (Å²) >= 11 is 0. The van der Waals surface area contributed by atoms with E-state index in [1.807, 2.05) is 54.6 Å². The van der Waals surface area contributed by atoms with Crippen molar-refractivity contribution in [2.24, 2.45) is 5.73 Å². The molecule has 0 amide bonds. The summed E-state index contributed by atoms with van der Waals surface area (Å²) in [5.74, 6) is -1.70. The van der Waals surface area contributed by atoms with E-state index in [0.717, 1.165) is 27.7 Å². The molecule has 0 radical (unpaired) electrons. The number of ether oxygens (including phenoxy) is 2. The molecule has 0 fully saturated rings. The van der Waals surface area contributed by atoms with Gasteiger partial charge in [0.25, 0.3) is 5.91 Å². The summed E-state index contributed by atoms with van der Waals surface area (Å²) < 4.78 is 12.6. The van der Waals surface area contributed by atoms with Gasteiger partial charge in [0.15, 0.2) is 0 Å². The molecule has 4 heterocycles.